The van der Waals surface area contributed by atoms with Crippen molar-refractivity contribution in [2.45, 2.75) is 45.7 Å². The van der Waals surface area contributed by atoms with Crippen molar-refractivity contribution in [1.29, 1.82) is 0 Å². The molecule has 0 radical (unpaired) electrons. The largest absolute Gasteiger partial charge is 0.481 e. The molecule has 0 unspecified atom stereocenters. The van der Waals surface area contributed by atoms with Gasteiger partial charge in [0.15, 0.2) is 0 Å². The second kappa shape index (κ2) is 6.73. The third-order valence-corrected chi connectivity index (χ3v) is 2.41. The van der Waals surface area contributed by atoms with Gasteiger partial charge in [0.05, 0.1) is 12.5 Å². The monoisotopic (exact) mass is 254 g/mol. The fourth-order valence-corrected chi connectivity index (χ4v) is 1.59. The molecule has 0 fully saturated rings. The number of amides is 1. The highest BCUT2D eigenvalue weighted by molar-refractivity contribution is 5.80. The molecule has 1 heterocycles. The summed E-state index contributed by atoms with van der Waals surface area (Å²) in [7, 11) is 0. The van der Waals surface area contributed by atoms with Crippen LogP contribution in [-0.2, 0) is 16.1 Å². The number of rotatable bonds is 7. The van der Waals surface area contributed by atoms with Crippen molar-refractivity contribution >= 4 is 11.9 Å². The quantitative estimate of drug-likeness (QED) is 0.747. The Balaban J connectivity index is 2.53. The van der Waals surface area contributed by atoms with Crippen molar-refractivity contribution in [3.63, 3.8) is 0 Å². The smallest absolute Gasteiger partial charge is 0.303 e. The van der Waals surface area contributed by atoms with E-state index in [1.807, 2.05) is 6.92 Å². The summed E-state index contributed by atoms with van der Waals surface area (Å²) < 4.78 is 1.74. The minimum absolute atomic E-state index is 0.0262. The summed E-state index contributed by atoms with van der Waals surface area (Å²) >= 11 is 0. The molecule has 1 rings (SSSR count). The van der Waals surface area contributed by atoms with E-state index in [2.05, 4.69) is 15.4 Å². The SMILES string of the molecule is CCCn1ncnc1[C@@H](C)NC(=O)CCC(=O)O. The lowest BCUT2D eigenvalue weighted by Crippen LogP contribution is -2.29. The zero-order valence-corrected chi connectivity index (χ0v) is 10.6. The molecule has 0 aliphatic heterocycles. The molecule has 0 spiro atoms. The number of carboxylic acid groups (broad SMARTS) is 1. The maximum atomic E-state index is 11.5. The van der Waals surface area contributed by atoms with Gasteiger partial charge >= 0.3 is 5.97 Å². The van der Waals surface area contributed by atoms with Gasteiger partial charge in [-0.3, -0.25) is 9.59 Å². The van der Waals surface area contributed by atoms with Crippen molar-refractivity contribution in [2.24, 2.45) is 0 Å². The van der Waals surface area contributed by atoms with Gasteiger partial charge in [-0.15, -0.1) is 0 Å². The van der Waals surface area contributed by atoms with Crippen LogP contribution in [0.25, 0.3) is 0 Å². The zero-order valence-electron chi connectivity index (χ0n) is 10.6. The fourth-order valence-electron chi connectivity index (χ4n) is 1.59. The lowest BCUT2D eigenvalue weighted by atomic mass is 10.2. The molecule has 1 atom stereocenters. The van der Waals surface area contributed by atoms with Crippen LogP contribution in [0.5, 0.6) is 0 Å². The topological polar surface area (TPSA) is 97.1 Å². The van der Waals surface area contributed by atoms with Gasteiger partial charge in [-0.25, -0.2) is 9.67 Å². The van der Waals surface area contributed by atoms with Crippen molar-refractivity contribution < 1.29 is 14.7 Å². The number of aromatic nitrogens is 3. The molecule has 0 aliphatic rings. The summed E-state index contributed by atoms with van der Waals surface area (Å²) in [6, 6.07) is -0.277. The highest BCUT2D eigenvalue weighted by Crippen LogP contribution is 2.09. The molecule has 0 aliphatic carbocycles. The van der Waals surface area contributed by atoms with Crippen LogP contribution < -0.4 is 5.32 Å². The number of nitrogens with one attached hydrogen (secondary N) is 1. The molecule has 100 valence electrons. The molecule has 7 heteroatoms. The molecule has 0 saturated heterocycles. The number of carboxylic acids is 1. The van der Waals surface area contributed by atoms with Crippen LogP contribution in [0, 0.1) is 0 Å². The van der Waals surface area contributed by atoms with Crippen molar-refractivity contribution in [3.8, 4) is 0 Å². The first-order valence-corrected chi connectivity index (χ1v) is 5.93. The Labute approximate surface area is 105 Å². The maximum absolute atomic E-state index is 11.5. The van der Waals surface area contributed by atoms with Gasteiger partial charge in [-0.2, -0.15) is 5.10 Å². The number of carbonyl (C=O) groups is 2. The molecule has 2 N–H and O–H groups in total. The van der Waals surface area contributed by atoms with Crippen LogP contribution in [-0.4, -0.2) is 31.7 Å². The van der Waals surface area contributed by atoms with Crippen LogP contribution >= 0.6 is 0 Å². The highest BCUT2D eigenvalue weighted by atomic mass is 16.4. The Bertz CT molecular complexity index is 416. The summed E-state index contributed by atoms with van der Waals surface area (Å²) in [5.41, 5.74) is 0. The van der Waals surface area contributed by atoms with E-state index < -0.39 is 5.97 Å². The van der Waals surface area contributed by atoms with E-state index in [9.17, 15) is 9.59 Å². The Morgan fingerprint density at radius 3 is 2.83 bits per heavy atom. The Hall–Kier alpha value is -1.92. The molecule has 1 aromatic rings. The van der Waals surface area contributed by atoms with Gasteiger partial charge in [-0.1, -0.05) is 6.92 Å². The molecule has 18 heavy (non-hydrogen) atoms. The summed E-state index contributed by atoms with van der Waals surface area (Å²) in [5, 5.41) is 15.3. The molecule has 1 amide bonds. The number of hydrogen-bond donors (Lipinski definition) is 2. The van der Waals surface area contributed by atoms with E-state index in [1.54, 1.807) is 11.6 Å². The summed E-state index contributed by atoms with van der Waals surface area (Å²) in [6.45, 7) is 4.57. The molecular formula is C11H18N4O3. The fraction of sp³-hybridized carbons (Fsp3) is 0.636. The van der Waals surface area contributed by atoms with Crippen molar-refractivity contribution in [1.82, 2.24) is 20.1 Å². The Kier molecular flexibility index (Phi) is 5.29. The normalized spacial score (nSPS) is 12.1. The second-order valence-electron chi connectivity index (χ2n) is 4.02. The van der Waals surface area contributed by atoms with E-state index in [-0.39, 0.29) is 24.8 Å². The molecule has 0 saturated carbocycles. The van der Waals surface area contributed by atoms with Crippen LogP contribution in [0.2, 0.25) is 0 Å². The Morgan fingerprint density at radius 1 is 1.50 bits per heavy atom. The average molecular weight is 254 g/mol. The van der Waals surface area contributed by atoms with Crippen LogP contribution in [0.3, 0.4) is 0 Å². The van der Waals surface area contributed by atoms with Gasteiger partial charge in [0.2, 0.25) is 5.91 Å². The number of aryl methyl sites for hydroxylation is 1. The third kappa shape index (κ3) is 4.15. The number of hydrogen-bond acceptors (Lipinski definition) is 4. The lowest BCUT2D eigenvalue weighted by molar-refractivity contribution is -0.138. The predicted molar refractivity (Wildman–Crippen MR) is 63.7 cm³/mol. The lowest BCUT2D eigenvalue weighted by Gasteiger charge is -2.14. The Morgan fingerprint density at radius 2 is 2.22 bits per heavy atom. The van der Waals surface area contributed by atoms with Crippen LogP contribution in [0.4, 0.5) is 0 Å². The standard InChI is InChI=1S/C11H18N4O3/c1-3-6-15-11(12-7-13-15)8(2)14-9(16)4-5-10(17)18/h7-8H,3-6H2,1-2H3,(H,14,16)(H,17,18)/t8-/m1/s1. The van der Waals surface area contributed by atoms with Gasteiger partial charge in [0.25, 0.3) is 0 Å². The highest BCUT2D eigenvalue weighted by Gasteiger charge is 2.15. The van der Waals surface area contributed by atoms with Gasteiger partial charge < -0.3 is 10.4 Å². The first-order chi connectivity index (χ1) is 8.54. The summed E-state index contributed by atoms with van der Waals surface area (Å²) in [6.07, 6.45) is 2.18. The van der Waals surface area contributed by atoms with Gasteiger partial charge in [-0.05, 0) is 13.3 Å². The van der Waals surface area contributed by atoms with E-state index >= 15 is 0 Å². The minimum Gasteiger partial charge on any atom is -0.481 e. The molecular weight excluding hydrogens is 236 g/mol. The first kappa shape index (κ1) is 14.1. The van der Waals surface area contributed by atoms with E-state index in [1.165, 1.54) is 6.33 Å². The molecule has 0 aromatic carbocycles. The van der Waals surface area contributed by atoms with Gasteiger partial charge in [0, 0.05) is 13.0 Å². The molecule has 0 bridgehead atoms. The number of nitrogens with zero attached hydrogens (tertiary/aromatic N) is 3. The summed E-state index contributed by atoms with van der Waals surface area (Å²) in [4.78, 5) is 25.9. The van der Waals surface area contributed by atoms with E-state index in [0.29, 0.717) is 5.82 Å². The summed E-state index contributed by atoms with van der Waals surface area (Å²) in [5.74, 6) is -0.594. The van der Waals surface area contributed by atoms with Crippen LogP contribution in [0.15, 0.2) is 6.33 Å². The molecule has 1 aromatic heterocycles. The van der Waals surface area contributed by atoms with Gasteiger partial charge in [0.1, 0.15) is 12.2 Å². The van der Waals surface area contributed by atoms with E-state index in [4.69, 9.17) is 5.11 Å². The van der Waals surface area contributed by atoms with E-state index in [0.717, 1.165) is 13.0 Å². The predicted octanol–water partition coefficient (Wildman–Crippen LogP) is 0.730. The first-order valence-electron chi connectivity index (χ1n) is 5.93. The van der Waals surface area contributed by atoms with Crippen molar-refractivity contribution in [3.05, 3.63) is 12.2 Å². The second-order valence-corrected chi connectivity index (χ2v) is 4.02. The van der Waals surface area contributed by atoms with Crippen molar-refractivity contribution in [2.75, 3.05) is 0 Å². The number of carbonyl (C=O) groups excluding carboxylic acids is 1. The maximum Gasteiger partial charge on any atom is 0.303 e. The zero-order chi connectivity index (χ0) is 13.5. The third-order valence-electron chi connectivity index (χ3n) is 2.41. The number of aliphatic carboxylic acids is 1. The minimum atomic E-state index is -0.980. The molecule has 7 nitrogen and oxygen atoms in total. The average Bonchev–Trinajstić information content (AvgIpc) is 2.75. The van der Waals surface area contributed by atoms with Crippen LogP contribution in [0.1, 0.15) is 45.0 Å².